The number of piperazine rings is 1. The Hall–Kier alpha value is -2.35. The lowest BCUT2D eigenvalue weighted by atomic mass is 10.1. The predicted octanol–water partition coefficient (Wildman–Crippen LogP) is 1.51. The number of ether oxygens (including phenoxy) is 2. The van der Waals surface area contributed by atoms with Crippen molar-refractivity contribution in [2.75, 3.05) is 45.3 Å². The molecule has 1 atom stereocenters. The van der Waals surface area contributed by atoms with Crippen molar-refractivity contribution in [1.82, 2.24) is 15.2 Å². The molecule has 1 aliphatic heterocycles. The number of hydrogen-bond acceptors (Lipinski definition) is 6. The van der Waals surface area contributed by atoms with Crippen molar-refractivity contribution in [1.29, 1.82) is 0 Å². The van der Waals surface area contributed by atoms with E-state index in [9.17, 15) is 9.59 Å². The quantitative estimate of drug-likeness (QED) is 0.872. The molecule has 26 heavy (non-hydrogen) atoms. The van der Waals surface area contributed by atoms with Gasteiger partial charge in [0, 0.05) is 33.8 Å². The fraction of sp³-hybridized carbons (Fsp3) is 0.611. The Balaban J connectivity index is 2.10. The van der Waals surface area contributed by atoms with Crippen LogP contribution in [0.1, 0.15) is 31.3 Å². The number of nitrogens with one attached hydrogen (secondary N) is 1. The number of aromatic nitrogens is 1. The molecule has 1 saturated heterocycles. The molecule has 0 radical (unpaired) electrons. The monoisotopic (exact) mass is 364 g/mol. The summed E-state index contributed by atoms with van der Waals surface area (Å²) in [6, 6.07) is 3.54. The highest BCUT2D eigenvalue weighted by Crippen LogP contribution is 2.22. The average Bonchev–Trinajstić information content (AvgIpc) is 2.60. The summed E-state index contributed by atoms with van der Waals surface area (Å²) >= 11 is 0. The molecule has 1 N–H and O–H groups in total. The molecule has 0 aromatic carbocycles. The van der Waals surface area contributed by atoms with E-state index in [0.717, 1.165) is 5.69 Å². The Kier molecular flexibility index (Phi) is 6.42. The lowest BCUT2D eigenvalue weighted by Crippen LogP contribution is -2.57. The molecule has 0 saturated carbocycles. The van der Waals surface area contributed by atoms with E-state index in [1.807, 2.05) is 26.8 Å². The molecule has 1 aromatic heterocycles. The summed E-state index contributed by atoms with van der Waals surface area (Å²) in [5.74, 6) is -0.222. The SMILES string of the molecule is CNC(=O)c1ccc(N2CCN(C(=O)OC(C)(C)C)CC2COC)cn1. The Labute approximate surface area is 154 Å². The third-order valence-electron chi connectivity index (χ3n) is 4.03. The van der Waals surface area contributed by atoms with Gasteiger partial charge in [-0.25, -0.2) is 9.78 Å². The maximum absolute atomic E-state index is 12.3. The first-order chi connectivity index (χ1) is 12.2. The van der Waals surface area contributed by atoms with Crippen molar-refractivity contribution in [2.24, 2.45) is 0 Å². The van der Waals surface area contributed by atoms with Gasteiger partial charge in [-0.2, -0.15) is 0 Å². The minimum absolute atomic E-state index is 0.0195. The van der Waals surface area contributed by atoms with Crippen LogP contribution in [0, 0.1) is 0 Å². The van der Waals surface area contributed by atoms with Gasteiger partial charge in [0.15, 0.2) is 0 Å². The molecule has 144 valence electrons. The molecule has 1 unspecified atom stereocenters. The van der Waals surface area contributed by atoms with Crippen molar-refractivity contribution >= 4 is 17.7 Å². The first kappa shape index (κ1) is 20.0. The van der Waals surface area contributed by atoms with E-state index in [1.54, 1.807) is 31.3 Å². The third-order valence-corrected chi connectivity index (χ3v) is 4.03. The number of methoxy groups -OCH3 is 1. The lowest BCUT2D eigenvalue weighted by molar-refractivity contribution is 0.0186. The molecule has 2 amide bonds. The summed E-state index contributed by atoms with van der Waals surface area (Å²) < 4.78 is 10.8. The predicted molar refractivity (Wildman–Crippen MR) is 98.4 cm³/mol. The molecule has 2 rings (SSSR count). The smallest absolute Gasteiger partial charge is 0.410 e. The van der Waals surface area contributed by atoms with E-state index < -0.39 is 5.60 Å². The van der Waals surface area contributed by atoms with Crippen LogP contribution in [0.3, 0.4) is 0 Å². The first-order valence-electron chi connectivity index (χ1n) is 8.67. The largest absolute Gasteiger partial charge is 0.444 e. The second-order valence-corrected chi connectivity index (χ2v) is 7.21. The van der Waals surface area contributed by atoms with Crippen LogP contribution >= 0.6 is 0 Å². The number of anilines is 1. The van der Waals surface area contributed by atoms with Gasteiger partial charge in [0.1, 0.15) is 11.3 Å². The normalized spacial score (nSPS) is 17.8. The second kappa shape index (κ2) is 8.35. The van der Waals surface area contributed by atoms with Gasteiger partial charge in [-0.15, -0.1) is 0 Å². The number of pyridine rings is 1. The first-order valence-corrected chi connectivity index (χ1v) is 8.67. The number of rotatable bonds is 4. The van der Waals surface area contributed by atoms with Crippen LogP contribution in [-0.4, -0.2) is 73.9 Å². The van der Waals surface area contributed by atoms with Crippen LogP contribution in [0.5, 0.6) is 0 Å². The Morgan fingerprint density at radius 3 is 2.58 bits per heavy atom. The van der Waals surface area contributed by atoms with E-state index in [-0.39, 0.29) is 18.0 Å². The van der Waals surface area contributed by atoms with Crippen LogP contribution in [0.2, 0.25) is 0 Å². The lowest BCUT2D eigenvalue weighted by Gasteiger charge is -2.42. The van der Waals surface area contributed by atoms with Gasteiger partial charge >= 0.3 is 6.09 Å². The number of nitrogens with zero attached hydrogens (tertiary/aromatic N) is 3. The van der Waals surface area contributed by atoms with Crippen LogP contribution < -0.4 is 10.2 Å². The second-order valence-electron chi connectivity index (χ2n) is 7.21. The Morgan fingerprint density at radius 1 is 1.31 bits per heavy atom. The van der Waals surface area contributed by atoms with Crippen LogP contribution in [0.4, 0.5) is 10.5 Å². The zero-order valence-corrected chi connectivity index (χ0v) is 16.1. The van der Waals surface area contributed by atoms with Crippen molar-refractivity contribution in [2.45, 2.75) is 32.4 Å². The highest BCUT2D eigenvalue weighted by atomic mass is 16.6. The Bertz CT molecular complexity index is 627. The van der Waals surface area contributed by atoms with Crippen LogP contribution in [0.25, 0.3) is 0 Å². The van der Waals surface area contributed by atoms with Crippen LogP contribution in [0.15, 0.2) is 18.3 Å². The fourth-order valence-corrected chi connectivity index (χ4v) is 2.84. The van der Waals surface area contributed by atoms with Crippen molar-refractivity contribution in [3.05, 3.63) is 24.0 Å². The minimum atomic E-state index is -0.523. The number of amides is 2. The van der Waals surface area contributed by atoms with Gasteiger partial charge in [0.25, 0.3) is 5.91 Å². The highest BCUT2D eigenvalue weighted by molar-refractivity contribution is 5.92. The van der Waals surface area contributed by atoms with Crippen LogP contribution in [-0.2, 0) is 9.47 Å². The fourth-order valence-electron chi connectivity index (χ4n) is 2.84. The zero-order chi connectivity index (χ0) is 19.3. The van der Waals surface area contributed by atoms with Crippen molar-refractivity contribution < 1.29 is 19.1 Å². The molecular formula is C18H28N4O4. The summed E-state index contributed by atoms with van der Waals surface area (Å²) in [5, 5.41) is 2.55. The molecule has 8 heteroatoms. The molecule has 1 fully saturated rings. The van der Waals surface area contributed by atoms with Crippen molar-refractivity contribution in [3.63, 3.8) is 0 Å². The molecule has 0 aliphatic carbocycles. The standard InChI is InChI=1S/C18H28N4O4/c1-18(2,3)26-17(24)21-8-9-22(14(11-21)12-25-5)13-6-7-15(20-10-13)16(23)19-4/h6-7,10,14H,8-9,11-12H2,1-5H3,(H,19,23). The highest BCUT2D eigenvalue weighted by Gasteiger charge is 2.32. The molecule has 1 aliphatic rings. The van der Waals surface area contributed by atoms with E-state index in [2.05, 4.69) is 15.2 Å². The molecule has 0 bridgehead atoms. The summed E-state index contributed by atoms with van der Waals surface area (Å²) in [6.07, 6.45) is 1.36. The van der Waals surface area contributed by atoms with E-state index in [0.29, 0.717) is 31.9 Å². The topological polar surface area (TPSA) is 84.0 Å². The molecule has 0 spiro atoms. The van der Waals surface area contributed by atoms with E-state index in [1.165, 1.54) is 0 Å². The summed E-state index contributed by atoms with van der Waals surface area (Å²) in [6.45, 7) is 7.71. The van der Waals surface area contributed by atoms with Gasteiger partial charge in [0.05, 0.1) is 24.5 Å². The third kappa shape index (κ3) is 5.08. The van der Waals surface area contributed by atoms with E-state index in [4.69, 9.17) is 9.47 Å². The summed E-state index contributed by atoms with van der Waals surface area (Å²) in [4.78, 5) is 32.1. The van der Waals surface area contributed by atoms with Gasteiger partial charge in [0.2, 0.25) is 0 Å². The maximum Gasteiger partial charge on any atom is 0.410 e. The Morgan fingerprint density at radius 2 is 2.04 bits per heavy atom. The number of carbonyl (C=O) groups is 2. The number of hydrogen-bond donors (Lipinski definition) is 1. The van der Waals surface area contributed by atoms with Gasteiger partial charge < -0.3 is 24.6 Å². The van der Waals surface area contributed by atoms with E-state index >= 15 is 0 Å². The average molecular weight is 364 g/mol. The summed E-state index contributed by atoms with van der Waals surface area (Å²) in [5.41, 5.74) is 0.736. The molecule has 8 nitrogen and oxygen atoms in total. The maximum atomic E-state index is 12.3. The number of carbonyl (C=O) groups excluding carboxylic acids is 2. The van der Waals surface area contributed by atoms with Gasteiger partial charge in [-0.05, 0) is 32.9 Å². The zero-order valence-electron chi connectivity index (χ0n) is 16.1. The molecular weight excluding hydrogens is 336 g/mol. The molecule has 1 aromatic rings. The summed E-state index contributed by atoms with van der Waals surface area (Å²) in [7, 11) is 3.21. The minimum Gasteiger partial charge on any atom is -0.444 e. The van der Waals surface area contributed by atoms with Crippen molar-refractivity contribution in [3.8, 4) is 0 Å². The van der Waals surface area contributed by atoms with Gasteiger partial charge in [-0.3, -0.25) is 4.79 Å². The van der Waals surface area contributed by atoms with Gasteiger partial charge in [-0.1, -0.05) is 0 Å². The molecule has 2 heterocycles.